The summed E-state index contributed by atoms with van der Waals surface area (Å²) in [5.74, 6) is 0.621. The molecule has 0 amide bonds. The Bertz CT molecular complexity index is 1530. The normalized spacial score (nSPS) is 12.8. The number of rotatable bonds is 6. The molecule has 0 saturated heterocycles. The molecule has 0 N–H and O–H groups in total. The molecule has 0 spiro atoms. The zero-order chi connectivity index (χ0) is 23.0. The Labute approximate surface area is 197 Å². The van der Waals surface area contributed by atoms with Gasteiger partial charge in [-0.05, 0) is 30.7 Å². The fourth-order valence-electron chi connectivity index (χ4n) is 3.84. The van der Waals surface area contributed by atoms with Crippen molar-refractivity contribution in [3.05, 3.63) is 96.7 Å². The number of aromatic nitrogens is 4. The molecule has 1 unspecified atom stereocenters. The second-order valence-electron chi connectivity index (χ2n) is 7.71. The Morgan fingerprint density at radius 3 is 2.21 bits per heavy atom. The number of hydrogen-bond donors (Lipinski definition) is 0. The van der Waals surface area contributed by atoms with Crippen molar-refractivity contribution in [2.75, 3.05) is 0 Å². The van der Waals surface area contributed by atoms with E-state index < -0.39 is 10.0 Å². The topological polar surface area (TPSA) is 69.8 Å². The van der Waals surface area contributed by atoms with Gasteiger partial charge in [-0.15, -0.1) is 10.2 Å². The number of thioether (sulfide) groups is 1. The molecule has 6 nitrogen and oxygen atoms in total. The van der Waals surface area contributed by atoms with Crippen LogP contribution in [0.15, 0.2) is 101 Å². The molecule has 0 aliphatic rings. The summed E-state index contributed by atoms with van der Waals surface area (Å²) in [5.41, 5.74) is 2.53. The first-order chi connectivity index (χ1) is 16.0. The van der Waals surface area contributed by atoms with E-state index in [2.05, 4.69) is 29.3 Å². The Morgan fingerprint density at radius 1 is 0.848 bits per heavy atom. The maximum Gasteiger partial charge on any atom is 0.268 e. The minimum Gasteiger partial charge on any atom is -0.305 e. The van der Waals surface area contributed by atoms with Gasteiger partial charge in [0.15, 0.2) is 11.0 Å². The quantitative estimate of drug-likeness (QED) is 0.303. The Morgan fingerprint density at radius 2 is 1.48 bits per heavy atom. The molecule has 0 saturated carbocycles. The van der Waals surface area contributed by atoms with Crippen LogP contribution in [0.5, 0.6) is 0 Å². The summed E-state index contributed by atoms with van der Waals surface area (Å²) in [4.78, 5) is 0.239. The van der Waals surface area contributed by atoms with Crippen molar-refractivity contribution in [2.24, 2.45) is 7.05 Å². The molecule has 0 radical (unpaired) electrons. The van der Waals surface area contributed by atoms with Gasteiger partial charge in [-0.2, -0.15) is 0 Å². The summed E-state index contributed by atoms with van der Waals surface area (Å²) in [6, 6.07) is 26.1. The van der Waals surface area contributed by atoms with Crippen LogP contribution in [-0.2, 0) is 17.1 Å². The zero-order valence-corrected chi connectivity index (χ0v) is 19.8. The van der Waals surface area contributed by atoms with Crippen LogP contribution in [0.25, 0.3) is 22.3 Å². The van der Waals surface area contributed by atoms with Crippen LogP contribution in [0.3, 0.4) is 0 Å². The molecule has 5 aromatic rings. The molecular weight excluding hydrogens is 452 g/mol. The van der Waals surface area contributed by atoms with Crippen LogP contribution >= 0.6 is 11.8 Å². The lowest BCUT2D eigenvalue weighted by Gasteiger charge is -2.10. The van der Waals surface area contributed by atoms with E-state index in [1.165, 1.54) is 9.54 Å². The molecule has 33 heavy (non-hydrogen) atoms. The molecule has 0 bridgehead atoms. The van der Waals surface area contributed by atoms with E-state index in [0.29, 0.717) is 11.3 Å². The summed E-state index contributed by atoms with van der Waals surface area (Å²) in [5, 5.41) is 10.6. The van der Waals surface area contributed by atoms with Gasteiger partial charge >= 0.3 is 0 Å². The third-order valence-corrected chi connectivity index (χ3v) is 8.48. The maximum atomic E-state index is 13.4. The van der Waals surface area contributed by atoms with E-state index in [-0.39, 0.29) is 10.1 Å². The van der Waals surface area contributed by atoms with E-state index in [0.717, 1.165) is 16.1 Å². The van der Waals surface area contributed by atoms with Gasteiger partial charge in [0.05, 0.1) is 10.4 Å². The summed E-state index contributed by atoms with van der Waals surface area (Å²) in [6.45, 7) is 2.13. The van der Waals surface area contributed by atoms with E-state index in [1.807, 2.05) is 54.1 Å². The number of nitrogens with zero attached hydrogens (tertiary/aromatic N) is 4. The Kier molecular flexibility index (Phi) is 5.55. The molecule has 0 fully saturated rings. The van der Waals surface area contributed by atoms with Crippen LogP contribution in [0.1, 0.15) is 17.7 Å². The predicted octanol–water partition coefficient (Wildman–Crippen LogP) is 5.53. The monoisotopic (exact) mass is 474 g/mol. The van der Waals surface area contributed by atoms with E-state index in [4.69, 9.17) is 0 Å². The first-order valence-corrected chi connectivity index (χ1v) is 12.8. The van der Waals surface area contributed by atoms with Gasteiger partial charge in [0, 0.05) is 29.4 Å². The highest BCUT2D eigenvalue weighted by Gasteiger charge is 2.24. The second-order valence-corrected chi connectivity index (χ2v) is 10.8. The SMILES string of the molecule is CC(Sc1nnc(-c2cn(S(=O)(=O)c3ccccc3)c3ccccc23)n1C)c1ccccc1. The van der Waals surface area contributed by atoms with Crippen molar-refractivity contribution >= 4 is 32.7 Å². The van der Waals surface area contributed by atoms with E-state index in [9.17, 15) is 8.42 Å². The van der Waals surface area contributed by atoms with Crippen molar-refractivity contribution in [3.63, 3.8) is 0 Å². The predicted molar refractivity (Wildman–Crippen MR) is 132 cm³/mol. The molecule has 0 aliphatic heterocycles. The molecule has 2 heterocycles. The van der Waals surface area contributed by atoms with Crippen LogP contribution in [0.2, 0.25) is 0 Å². The van der Waals surface area contributed by atoms with E-state index >= 15 is 0 Å². The smallest absolute Gasteiger partial charge is 0.268 e. The lowest BCUT2D eigenvalue weighted by atomic mass is 10.1. The fraction of sp³-hybridized carbons (Fsp3) is 0.120. The minimum absolute atomic E-state index is 0.196. The zero-order valence-electron chi connectivity index (χ0n) is 18.2. The first kappa shape index (κ1) is 21.5. The third kappa shape index (κ3) is 3.85. The molecule has 166 valence electrons. The van der Waals surface area contributed by atoms with Gasteiger partial charge in [0.25, 0.3) is 10.0 Å². The highest BCUT2D eigenvalue weighted by molar-refractivity contribution is 7.99. The van der Waals surface area contributed by atoms with Crippen LogP contribution in [0.4, 0.5) is 0 Å². The molecule has 8 heteroatoms. The fourth-order valence-corrected chi connectivity index (χ4v) is 6.17. The van der Waals surface area contributed by atoms with Crippen molar-refractivity contribution in [2.45, 2.75) is 22.2 Å². The highest BCUT2D eigenvalue weighted by atomic mass is 32.2. The molecule has 3 aromatic carbocycles. The lowest BCUT2D eigenvalue weighted by molar-refractivity contribution is 0.589. The van der Waals surface area contributed by atoms with Gasteiger partial charge in [-0.3, -0.25) is 0 Å². The molecule has 2 aromatic heterocycles. The van der Waals surface area contributed by atoms with Crippen LogP contribution in [-0.4, -0.2) is 27.2 Å². The van der Waals surface area contributed by atoms with Crippen LogP contribution < -0.4 is 0 Å². The van der Waals surface area contributed by atoms with Crippen molar-refractivity contribution < 1.29 is 8.42 Å². The average molecular weight is 475 g/mol. The first-order valence-electron chi connectivity index (χ1n) is 10.5. The number of hydrogen-bond acceptors (Lipinski definition) is 5. The molecule has 0 aliphatic carbocycles. The van der Waals surface area contributed by atoms with Gasteiger partial charge in [-0.25, -0.2) is 12.4 Å². The number of para-hydroxylation sites is 1. The summed E-state index contributed by atoms with van der Waals surface area (Å²) >= 11 is 1.62. The van der Waals surface area contributed by atoms with Crippen molar-refractivity contribution in [1.29, 1.82) is 0 Å². The second kappa shape index (κ2) is 8.53. The lowest BCUT2D eigenvalue weighted by Crippen LogP contribution is -2.11. The third-order valence-electron chi connectivity index (χ3n) is 5.61. The Balaban J connectivity index is 1.58. The molecule has 5 rings (SSSR count). The minimum atomic E-state index is -3.76. The molecule has 1 atom stereocenters. The maximum absolute atomic E-state index is 13.4. The largest absolute Gasteiger partial charge is 0.305 e. The van der Waals surface area contributed by atoms with Crippen LogP contribution in [0, 0.1) is 0 Å². The Hall–Kier alpha value is -3.36. The van der Waals surface area contributed by atoms with Gasteiger partial charge in [0.2, 0.25) is 0 Å². The van der Waals surface area contributed by atoms with E-state index in [1.54, 1.807) is 48.3 Å². The summed E-state index contributed by atoms with van der Waals surface area (Å²) in [7, 11) is -1.85. The molecular formula is C25H22N4O2S2. The van der Waals surface area contributed by atoms with Gasteiger partial charge < -0.3 is 4.57 Å². The van der Waals surface area contributed by atoms with Gasteiger partial charge in [0.1, 0.15) is 0 Å². The van der Waals surface area contributed by atoms with Crippen molar-refractivity contribution in [1.82, 2.24) is 18.7 Å². The summed E-state index contributed by atoms with van der Waals surface area (Å²) < 4.78 is 30.1. The van der Waals surface area contributed by atoms with Gasteiger partial charge in [-0.1, -0.05) is 78.5 Å². The highest BCUT2D eigenvalue weighted by Crippen LogP contribution is 2.37. The number of benzene rings is 3. The number of fused-ring (bicyclic) bond motifs is 1. The average Bonchev–Trinajstić information content (AvgIpc) is 3.41. The standard InChI is InChI=1S/C25H22N4O2S2/c1-18(19-11-5-3-6-12-19)32-25-27-26-24(28(25)2)22-17-29(23-16-10-9-15-21(22)23)33(30,31)20-13-7-4-8-14-20/h3-18H,1-2H3. The van der Waals surface area contributed by atoms with Crippen molar-refractivity contribution in [3.8, 4) is 11.4 Å². The summed E-state index contributed by atoms with van der Waals surface area (Å²) in [6.07, 6.45) is 1.64.